The summed E-state index contributed by atoms with van der Waals surface area (Å²) >= 11 is 0. The fourth-order valence-electron chi connectivity index (χ4n) is 2.43. The molecule has 0 saturated heterocycles. The summed E-state index contributed by atoms with van der Waals surface area (Å²) in [6, 6.07) is 0. The summed E-state index contributed by atoms with van der Waals surface area (Å²) in [5, 5.41) is 2.81. The van der Waals surface area contributed by atoms with Crippen molar-refractivity contribution in [2.24, 2.45) is 0 Å². The molecule has 0 bridgehead atoms. The molecule has 1 N–H and O–H groups in total. The Bertz CT molecular complexity index is 367. The molecular weight excluding hydrogens is 268 g/mol. The Morgan fingerprint density at radius 1 is 1.38 bits per heavy atom. The number of carbonyl (C=O) groups excluding carboxylic acids is 2. The van der Waals surface area contributed by atoms with Crippen molar-refractivity contribution in [1.82, 2.24) is 10.2 Å². The first kappa shape index (κ1) is 17.7. The molecule has 0 aromatic heterocycles. The molecule has 0 heterocycles. The van der Waals surface area contributed by atoms with Crippen LogP contribution >= 0.6 is 0 Å². The van der Waals surface area contributed by atoms with Gasteiger partial charge < -0.3 is 15.0 Å². The predicted molar refractivity (Wildman–Crippen MR) is 82.9 cm³/mol. The zero-order valence-electron chi connectivity index (χ0n) is 13.3. The monoisotopic (exact) mass is 296 g/mol. The van der Waals surface area contributed by atoms with E-state index < -0.39 is 0 Å². The van der Waals surface area contributed by atoms with Crippen molar-refractivity contribution < 1.29 is 14.3 Å². The second-order valence-corrected chi connectivity index (χ2v) is 5.50. The van der Waals surface area contributed by atoms with E-state index in [0.717, 1.165) is 25.7 Å². The van der Waals surface area contributed by atoms with E-state index in [1.807, 2.05) is 0 Å². The molecule has 1 aliphatic carbocycles. The van der Waals surface area contributed by atoms with Crippen LogP contribution < -0.4 is 5.32 Å². The first-order chi connectivity index (χ1) is 10.1. The van der Waals surface area contributed by atoms with Crippen LogP contribution in [0, 0.1) is 0 Å². The lowest BCUT2D eigenvalue weighted by molar-refractivity contribution is -0.134. The smallest absolute Gasteiger partial charge is 0.239 e. The number of amides is 2. The average molecular weight is 296 g/mol. The van der Waals surface area contributed by atoms with Crippen LogP contribution in [0.2, 0.25) is 0 Å². The topological polar surface area (TPSA) is 58.6 Å². The number of rotatable bonds is 9. The Labute approximate surface area is 127 Å². The lowest BCUT2D eigenvalue weighted by atomic mass is 9.97. The standard InChI is InChI=1S/C16H28N2O3/c1-14(19)18(11-9-15-7-4-3-5-8-15)13-16(20)17-10-6-12-21-2/h7H,3-6,8-13H2,1-2H3,(H,17,20). The van der Waals surface area contributed by atoms with Gasteiger partial charge in [-0.1, -0.05) is 11.6 Å². The summed E-state index contributed by atoms with van der Waals surface area (Å²) in [5.41, 5.74) is 1.42. The van der Waals surface area contributed by atoms with E-state index in [1.165, 1.54) is 25.3 Å². The van der Waals surface area contributed by atoms with E-state index >= 15 is 0 Å². The van der Waals surface area contributed by atoms with Gasteiger partial charge in [0, 0.05) is 33.7 Å². The second-order valence-electron chi connectivity index (χ2n) is 5.50. The van der Waals surface area contributed by atoms with E-state index in [0.29, 0.717) is 19.7 Å². The van der Waals surface area contributed by atoms with Crippen LogP contribution in [0.1, 0.15) is 45.4 Å². The van der Waals surface area contributed by atoms with Gasteiger partial charge in [-0.3, -0.25) is 9.59 Å². The number of carbonyl (C=O) groups is 2. The summed E-state index contributed by atoms with van der Waals surface area (Å²) in [6.45, 7) is 3.52. The third kappa shape index (κ3) is 7.85. The number of hydrogen-bond donors (Lipinski definition) is 1. The lowest BCUT2D eigenvalue weighted by Gasteiger charge is -2.22. The van der Waals surface area contributed by atoms with E-state index in [2.05, 4.69) is 11.4 Å². The molecular formula is C16H28N2O3. The third-order valence-electron chi connectivity index (χ3n) is 3.72. The zero-order chi connectivity index (χ0) is 15.5. The quantitative estimate of drug-likeness (QED) is 0.522. The van der Waals surface area contributed by atoms with E-state index in [9.17, 15) is 9.59 Å². The van der Waals surface area contributed by atoms with Gasteiger partial charge in [0.1, 0.15) is 0 Å². The molecule has 0 spiro atoms. The van der Waals surface area contributed by atoms with Crippen molar-refractivity contribution in [3.8, 4) is 0 Å². The molecule has 0 unspecified atom stereocenters. The molecule has 0 saturated carbocycles. The highest BCUT2D eigenvalue weighted by molar-refractivity contribution is 5.83. The molecule has 0 aliphatic heterocycles. The van der Waals surface area contributed by atoms with Gasteiger partial charge in [0.05, 0.1) is 6.54 Å². The van der Waals surface area contributed by atoms with Gasteiger partial charge in [-0.2, -0.15) is 0 Å². The van der Waals surface area contributed by atoms with Gasteiger partial charge in [0.25, 0.3) is 0 Å². The van der Waals surface area contributed by atoms with Crippen LogP contribution in [0.25, 0.3) is 0 Å². The SMILES string of the molecule is COCCCNC(=O)CN(CCC1=CCCCC1)C(C)=O. The highest BCUT2D eigenvalue weighted by Gasteiger charge is 2.14. The molecule has 0 radical (unpaired) electrons. The predicted octanol–water partition coefficient (Wildman–Crippen LogP) is 1.88. The summed E-state index contributed by atoms with van der Waals surface area (Å²) in [5.74, 6) is -0.141. The number of methoxy groups -OCH3 is 1. The van der Waals surface area contributed by atoms with Crippen LogP contribution in [0.15, 0.2) is 11.6 Å². The summed E-state index contributed by atoms with van der Waals surface area (Å²) in [7, 11) is 1.64. The van der Waals surface area contributed by atoms with Gasteiger partial charge >= 0.3 is 0 Å². The van der Waals surface area contributed by atoms with Crippen LogP contribution in [0.4, 0.5) is 0 Å². The largest absolute Gasteiger partial charge is 0.385 e. The maximum absolute atomic E-state index is 11.8. The first-order valence-electron chi connectivity index (χ1n) is 7.82. The summed E-state index contributed by atoms with van der Waals surface area (Å²) < 4.78 is 4.93. The first-order valence-corrected chi connectivity index (χ1v) is 7.82. The highest BCUT2D eigenvalue weighted by Crippen LogP contribution is 2.20. The van der Waals surface area contributed by atoms with Crippen LogP contribution in [-0.4, -0.2) is 50.1 Å². The lowest BCUT2D eigenvalue weighted by Crippen LogP contribution is -2.40. The van der Waals surface area contributed by atoms with E-state index in [-0.39, 0.29) is 18.4 Å². The fraction of sp³-hybridized carbons (Fsp3) is 0.750. The van der Waals surface area contributed by atoms with E-state index in [1.54, 1.807) is 12.0 Å². The zero-order valence-corrected chi connectivity index (χ0v) is 13.3. The summed E-state index contributed by atoms with van der Waals surface area (Å²) in [6.07, 6.45) is 8.75. The average Bonchev–Trinajstić information content (AvgIpc) is 2.48. The molecule has 5 heteroatoms. The van der Waals surface area contributed by atoms with Crippen molar-refractivity contribution >= 4 is 11.8 Å². The molecule has 0 aromatic rings. The van der Waals surface area contributed by atoms with Crippen LogP contribution in [-0.2, 0) is 14.3 Å². The molecule has 1 rings (SSSR count). The maximum Gasteiger partial charge on any atom is 0.239 e. The Hall–Kier alpha value is -1.36. The van der Waals surface area contributed by atoms with Gasteiger partial charge in [0.15, 0.2) is 0 Å². The number of allylic oxidation sites excluding steroid dienone is 1. The van der Waals surface area contributed by atoms with Crippen LogP contribution in [0.5, 0.6) is 0 Å². The van der Waals surface area contributed by atoms with Crippen LogP contribution in [0.3, 0.4) is 0 Å². The van der Waals surface area contributed by atoms with Crippen molar-refractivity contribution in [1.29, 1.82) is 0 Å². The normalized spacial score (nSPS) is 14.5. The van der Waals surface area contributed by atoms with Gasteiger partial charge in [0.2, 0.25) is 11.8 Å². The van der Waals surface area contributed by atoms with Crippen molar-refractivity contribution in [3.63, 3.8) is 0 Å². The third-order valence-corrected chi connectivity index (χ3v) is 3.72. The molecule has 21 heavy (non-hydrogen) atoms. The van der Waals surface area contributed by atoms with Gasteiger partial charge in [-0.25, -0.2) is 0 Å². The fourth-order valence-corrected chi connectivity index (χ4v) is 2.43. The van der Waals surface area contributed by atoms with Gasteiger partial charge in [-0.05, 0) is 38.5 Å². The molecule has 2 amide bonds. The Morgan fingerprint density at radius 2 is 2.19 bits per heavy atom. The minimum absolute atomic E-state index is 0.0431. The Morgan fingerprint density at radius 3 is 2.81 bits per heavy atom. The molecule has 120 valence electrons. The minimum Gasteiger partial charge on any atom is -0.385 e. The van der Waals surface area contributed by atoms with Crippen molar-refractivity contribution in [3.05, 3.63) is 11.6 Å². The Kier molecular flexibility index (Phi) is 8.74. The summed E-state index contributed by atoms with van der Waals surface area (Å²) in [4.78, 5) is 25.1. The molecule has 5 nitrogen and oxygen atoms in total. The minimum atomic E-state index is -0.0982. The van der Waals surface area contributed by atoms with Gasteiger partial charge in [-0.15, -0.1) is 0 Å². The maximum atomic E-state index is 11.8. The molecule has 0 aromatic carbocycles. The number of nitrogens with zero attached hydrogens (tertiary/aromatic N) is 1. The van der Waals surface area contributed by atoms with E-state index in [4.69, 9.17) is 4.74 Å². The van der Waals surface area contributed by atoms with Crippen molar-refractivity contribution in [2.45, 2.75) is 45.4 Å². The molecule has 0 atom stereocenters. The molecule has 1 aliphatic rings. The Balaban J connectivity index is 2.30. The highest BCUT2D eigenvalue weighted by atomic mass is 16.5. The number of hydrogen-bond acceptors (Lipinski definition) is 3. The molecule has 0 fully saturated rings. The number of ether oxygens (including phenoxy) is 1. The number of nitrogens with one attached hydrogen (secondary N) is 1. The van der Waals surface area contributed by atoms with Crippen molar-refractivity contribution in [2.75, 3.05) is 33.4 Å². The second kappa shape index (κ2) is 10.4.